The summed E-state index contributed by atoms with van der Waals surface area (Å²) >= 11 is 1.04. The van der Waals surface area contributed by atoms with Crippen molar-refractivity contribution in [3.63, 3.8) is 0 Å². The molecule has 1 amide bonds. The van der Waals surface area contributed by atoms with Crippen LogP contribution in [0.25, 0.3) is 11.2 Å². The molecule has 0 spiro atoms. The van der Waals surface area contributed by atoms with Crippen molar-refractivity contribution in [2.75, 3.05) is 24.6 Å². The van der Waals surface area contributed by atoms with E-state index >= 15 is 0 Å². The predicted molar refractivity (Wildman–Crippen MR) is 169 cm³/mol. The summed E-state index contributed by atoms with van der Waals surface area (Å²) < 4.78 is 39.2. The van der Waals surface area contributed by atoms with E-state index in [-0.39, 0.29) is 60.8 Å². The third-order valence-corrected chi connectivity index (χ3v) is 10.5. The quantitative estimate of drug-likeness (QED) is 0.165. The van der Waals surface area contributed by atoms with Crippen LogP contribution in [0.3, 0.4) is 0 Å². The molecule has 2 aliphatic rings. The Morgan fingerprint density at radius 2 is 1.96 bits per heavy atom. The number of rotatable bonds is 14. The number of benzene rings is 1. The molecule has 16 heteroatoms. The molecule has 4 N–H and O–H groups in total. The Balaban J connectivity index is 1.17. The number of amides is 1. The van der Waals surface area contributed by atoms with E-state index in [0.717, 1.165) is 17.3 Å². The van der Waals surface area contributed by atoms with Gasteiger partial charge in [0.15, 0.2) is 16.6 Å². The first-order valence-electron chi connectivity index (χ1n) is 14.8. The van der Waals surface area contributed by atoms with E-state index in [0.29, 0.717) is 17.0 Å². The van der Waals surface area contributed by atoms with Gasteiger partial charge in [0.05, 0.1) is 30.6 Å². The van der Waals surface area contributed by atoms with E-state index in [1.165, 1.54) is 6.33 Å². The van der Waals surface area contributed by atoms with Gasteiger partial charge in [0.1, 0.15) is 24.2 Å². The largest absolute Gasteiger partial charge is 0.447 e. The summed E-state index contributed by atoms with van der Waals surface area (Å²) in [5.41, 5.74) is 7.10. The molecule has 45 heavy (non-hydrogen) atoms. The highest BCUT2D eigenvalue weighted by atomic mass is 32.2. The second-order valence-corrected chi connectivity index (χ2v) is 14.9. The van der Waals surface area contributed by atoms with Gasteiger partial charge in [-0.05, 0) is 19.4 Å². The summed E-state index contributed by atoms with van der Waals surface area (Å²) in [4.78, 5) is 37.4. The summed E-state index contributed by atoms with van der Waals surface area (Å²) in [7, 11) is -3.81. The molecule has 1 aromatic carbocycles. The first-order chi connectivity index (χ1) is 21.4. The fourth-order valence-electron chi connectivity index (χ4n) is 5.19. The van der Waals surface area contributed by atoms with E-state index in [9.17, 15) is 14.2 Å². The second-order valence-electron chi connectivity index (χ2n) is 12.1. The SMILES string of the molecule is CC(C)OC(=O)NCC(C)(C)C(=O)SCCOP(=O)(NCc1ccccc1)OC1C2[C@@H]1O[C@@H](n1cnc3c(N)ncnc31)[C@H]2C. The maximum atomic E-state index is 14.0. The number of carbonyl (C=O) groups excluding carboxylic acids is 2. The number of aromatic nitrogens is 4. The Morgan fingerprint density at radius 3 is 2.64 bits per heavy atom. The predicted octanol–water partition coefficient (Wildman–Crippen LogP) is 4.29. The number of hydrogen-bond donors (Lipinski definition) is 3. The van der Waals surface area contributed by atoms with Gasteiger partial charge >= 0.3 is 13.8 Å². The summed E-state index contributed by atoms with van der Waals surface area (Å²) in [5.74, 6) is 0.515. The van der Waals surface area contributed by atoms with Crippen LogP contribution in [0, 0.1) is 17.3 Å². The lowest BCUT2D eigenvalue weighted by Crippen LogP contribution is -2.39. The maximum absolute atomic E-state index is 14.0. The number of fused-ring (bicyclic) bond motifs is 2. The molecule has 6 atom stereocenters. The van der Waals surface area contributed by atoms with Crippen LogP contribution in [0.4, 0.5) is 10.6 Å². The van der Waals surface area contributed by atoms with Gasteiger partial charge < -0.3 is 20.5 Å². The van der Waals surface area contributed by atoms with Crippen molar-refractivity contribution in [1.29, 1.82) is 0 Å². The molecule has 14 nitrogen and oxygen atoms in total. The number of nitrogen functional groups attached to an aromatic ring is 1. The van der Waals surface area contributed by atoms with E-state index in [4.69, 9.17) is 24.3 Å². The van der Waals surface area contributed by atoms with Crippen LogP contribution in [0.5, 0.6) is 0 Å². The van der Waals surface area contributed by atoms with Gasteiger partial charge in [-0.3, -0.25) is 18.4 Å². The zero-order valence-corrected chi connectivity index (χ0v) is 27.6. The number of carbonyl (C=O) groups is 2. The molecular formula is C29H40N7O7PS. The molecule has 1 saturated heterocycles. The zero-order valence-electron chi connectivity index (χ0n) is 25.9. The van der Waals surface area contributed by atoms with Crippen molar-refractivity contribution in [2.24, 2.45) is 17.3 Å². The van der Waals surface area contributed by atoms with Crippen LogP contribution >= 0.6 is 19.5 Å². The minimum absolute atomic E-state index is 0.00185. The number of nitrogens with one attached hydrogen (secondary N) is 2. The smallest absolute Gasteiger partial charge is 0.407 e. The van der Waals surface area contributed by atoms with Gasteiger partial charge in [-0.1, -0.05) is 62.9 Å². The molecule has 244 valence electrons. The van der Waals surface area contributed by atoms with Crippen LogP contribution in [-0.2, 0) is 34.4 Å². The Bertz CT molecular complexity index is 1560. The van der Waals surface area contributed by atoms with E-state index in [1.54, 1.807) is 34.0 Å². The number of alkyl carbamates (subject to hydrolysis) is 1. The topological polar surface area (TPSA) is 182 Å². The number of imidazole rings is 1. The molecule has 0 bridgehead atoms. The Kier molecular flexibility index (Phi) is 10.2. The lowest BCUT2D eigenvalue weighted by Gasteiger charge is -2.25. The maximum Gasteiger partial charge on any atom is 0.407 e. The normalized spacial score (nSPS) is 23.9. The molecule has 3 heterocycles. The second kappa shape index (κ2) is 13.7. The molecule has 5 rings (SSSR count). The zero-order chi connectivity index (χ0) is 32.4. The number of nitrogens with two attached hydrogens (primary N) is 1. The monoisotopic (exact) mass is 661 g/mol. The summed E-state index contributed by atoms with van der Waals surface area (Å²) in [5, 5.41) is 5.46. The average Bonchev–Trinajstić information content (AvgIpc) is 3.29. The Morgan fingerprint density at radius 1 is 1.20 bits per heavy atom. The molecule has 0 radical (unpaired) electrons. The third-order valence-electron chi connectivity index (χ3n) is 7.68. The fraction of sp³-hybridized carbons (Fsp3) is 0.552. The van der Waals surface area contributed by atoms with Gasteiger partial charge in [-0.15, -0.1) is 0 Å². The molecule has 2 fully saturated rings. The Hall–Kier alpha value is -3.07. The number of ether oxygens (including phenoxy) is 2. The minimum Gasteiger partial charge on any atom is -0.447 e. The van der Waals surface area contributed by atoms with Crippen molar-refractivity contribution in [3.05, 3.63) is 48.5 Å². The standard InChI is InChI=1S/C29H40N7O7PS/c1-17(2)41-28(38)31-14-29(4,5)27(37)45-12-11-40-44(39,35-13-19-9-7-6-8-10-19)43-23-20-18(3)26(42-22(20)23)36-16-34-21-24(30)32-15-33-25(21)36/h6-10,15-18,20,22-23,26H,11-14H2,1-5H3,(H,31,38)(H,35,39)(H2,30,32,33)/t18-,20?,22-,23?,26+,44?/m0/s1. The lowest BCUT2D eigenvalue weighted by atomic mass is 9.96. The molecule has 2 aromatic heterocycles. The summed E-state index contributed by atoms with van der Waals surface area (Å²) in [6.07, 6.45) is 1.12. The number of anilines is 1. The van der Waals surface area contributed by atoms with E-state index < -0.39 is 25.4 Å². The van der Waals surface area contributed by atoms with Crippen LogP contribution < -0.4 is 16.1 Å². The Labute approximate surface area is 266 Å². The average molecular weight is 662 g/mol. The van der Waals surface area contributed by atoms with Gasteiger partial charge in [-0.25, -0.2) is 29.4 Å². The summed E-state index contributed by atoms with van der Waals surface area (Å²) in [6, 6.07) is 9.51. The minimum atomic E-state index is -3.81. The number of nitrogens with zero attached hydrogens (tertiary/aromatic N) is 4. The van der Waals surface area contributed by atoms with Gasteiger partial charge in [0, 0.05) is 30.7 Å². The van der Waals surface area contributed by atoms with Crippen molar-refractivity contribution in [3.8, 4) is 0 Å². The number of hydrogen-bond acceptors (Lipinski definition) is 12. The van der Waals surface area contributed by atoms with Gasteiger partial charge in [0.25, 0.3) is 0 Å². The number of thioether (sulfide) groups is 1. The fourth-order valence-corrected chi connectivity index (χ4v) is 7.64. The molecular weight excluding hydrogens is 621 g/mol. The molecule has 1 saturated carbocycles. The van der Waals surface area contributed by atoms with E-state index in [1.807, 2.05) is 41.8 Å². The van der Waals surface area contributed by atoms with Crippen molar-refractivity contribution in [1.82, 2.24) is 29.9 Å². The molecule has 1 aliphatic heterocycles. The van der Waals surface area contributed by atoms with Crippen LogP contribution in [0.15, 0.2) is 43.0 Å². The van der Waals surface area contributed by atoms with Crippen LogP contribution in [0.2, 0.25) is 0 Å². The van der Waals surface area contributed by atoms with Crippen LogP contribution in [0.1, 0.15) is 46.4 Å². The van der Waals surface area contributed by atoms with Crippen LogP contribution in [-0.4, -0.2) is 67.9 Å². The highest BCUT2D eigenvalue weighted by molar-refractivity contribution is 8.13. The van der Waals surface area contributed by atoms with Crippen molar-refractivity contribution in [2.45, 2.75) is 65.7 Å². The summed E-state index contributed by atoms with van der Waals surface area (Å²) in [6.45, 7) is 9.39. The first-order valence-corrected chi connectivity index (χ1v) is 17.3. The molecule has 3 unspecified atom stereocenters. The van der Waals surface area contributed by atoms with Gasteiger partial charge in [-0.2, -0.15) is 0 Å². The van der Waals surface area contributed by atoms with Gasteiger partial charge in [0.2, 0.25) is 0 Å². The highest BCUT2D eigenvalue weighted by Gasteiger charge is 2.65. The lowest BCUT2D eigenvalue weighted by molar-refractivity contribution is -0.117. The molecule has 3 aromatic rings. The van der Waals surface area contributed by atoms with Crippen molar-refractivity contribution < 1.29 is 32.7 Å². The third kappa shape index (κ3) is 7.84. The van der Waals surface area contributed by atoms with E-state index in [2.05, 4.69) is 25.4 Å². The first kappa shape index (κ1) is 33.3. The highest BCUT2D eigenvalue weighted by Crippen LogP contribution is 2.61. The van der Waals surface area contributed by atoms with Crippen molar-refractivity contribution >= 4 is 47.7 Å². The molecule has 1 aliphatic carbocycles.